The van der Waals surface area contributed by atoms with Gasteiger partial charge in [-0.05, 0) is 6.42 Å². The molecule has 0 aromatic heterocycles. The van der Waals surface area contributed by atoms with Crippen molar-refractivity contribution in [1.29, 1.82) is 0 Å². The Morgan fingerprint density at radius 1 is 1.10 bits per heavy atom. The summed E-state index contributed by atoms with van der Waals surface area (Å²) in [6.45, 7) is 3.50. The number of aliphatic carboxylic acids is 1. The Bertz CT molecular complexity index is 328. The van der Waals surface area contributed by atoms with Crippen LogP contribution >= 0.6 is 0 Å². The molecule has 2 amide bonds. The van der Waals surface area contributed by atoms with Crippen molar-refractivity contribution in [2.75, 3.05) is 19.8 Å². The van der Waals surface area contributed by atoms with Crippen LogP contribution in [0.3, 0.4) is 0 Å². The Balaban J connectivity index is 2.21. The lowest BCUT2D eigenvalue weighted by molar-refractivity contribution is -0.148. The van der Waals surface area contributed by atoms with Crippen LogP contribution in [0.15, 0.2) is 0 Å². The first-order chi connectivity index (χ1) is 10.1. The van der Waals surface area contributed by atoms with Crippen LogP contribution in [0.5, 0.6) is 0 Å². The smallest absolute Gasteiger partial charge is 0.329 e. The molecule has 1 aliphatic heterocycles. The summed E-state index contributed by atoms with van der Waals surface area (Å²) in [5, 5.41) is 14.7. The van der Waals surface area contributed by atoms with Gasteiger partial charge in [0.05, 0.1) is 0 Å². The predicted molar refractivity (Wildman–Crippen MR) is 80.3 cm³/mol. The van der Waals surface area contributed by atoms with Gasteiger partial charge in [-0.3, -0.25) is 0 Å². The van der Waals surface area contributed by atoms with Gasteiger partial charge in [0.25, 0.3) is 0 Å². The van der Waals surface area contributed by atoms with Crippen LogP contribution < -0.4 is 10.6 Å². The van der Waals surface area contributed by atoms with Crippen molar-refractivity contribution in [2.24, 2.45) is 0 Å². The van der Waals surface area contributed by atoms with E-state index in [9.17, 15) is 14.7 Å². The quantitative estimate of drug-likeness (QED) is 0.570. The molecule has 0 aliphatic carbocycles. The van der Waals surface area contributed by atoms with Crippen molar-refractivity contribution in [3.8, 4) is 0 Å². The Labute approximate surface area is 126 Å². The van der Waals surface area contributed by atoms with E-state index in [4.69, 9.17) is 4.74 Å². The summed E-state index contributed by atoms with van der Waals surface area (Å²) >= 11 is 0. The van der Waals surface area contributed by atoms with Crippen molar-refractivity contribution in [3.63, 3.8) is 0 Å². The highest BCUT2D eigenvalue weighted by Crippen LogP contribution is 2.20. The van der Waals surface area contributed by atoms with Crippen molar-refractivity contribution < 1.29 is 19.4 Å². The molecule has 1 heterocycles. The van der Waals surface area contributed by atoms with E-state index in [2.05, 4.69) is 17.6 Å². The maximum absolute atomic E-state index is 11.8. The Hall–Kier alpha value is -1.30. The topological polar surface area (TPSA) is 87.7 Å². The zero-order chi connectivity index (χ0) is 15.6. The number of amides is 2. The number of carboxylic acids is 1. The van der Waals surface area contributed by atoms with Crippen molar-refractivity contribution in [1.82, 2.24) is 10.6 Å². The summed E-state index contributed by atoms with van der Waals surface area (Å²) in [4.78, 5) is 23.2. The Morgan fingerprint density at radius 3 is 2.33 bits per heavy atom. The Kier molecular flexibility index (Phi) is 8.12. The number of nitrogens with one attached hydrogen (secondary N) is 2. The maximum atomic E-state index is 11.8. The number of urea groups is 1. The second-order valence-corrected chi connectivity index (χ2v) is 5.65. The lowest BCUT2D eigenvalue weighted by Gasteiger charge is -2.33. The minimum atomic E-state index is -1.18. The van der Waals surface area contributed by atoms with Gasteiger partial charge in [0.15, 0.2) is 0 Å². The monoisotopic (exact) mass is 300 g/mol. The lowest BCUT2D eigenvalue weighted by atomic mass is 9.90. The number of hydrogen-bond acceptors (Lipinski definition) is 3. The van der Waals surface area contributed by atoms with Gasteiger partial charge in [-0.2, -0.15) is 0 Å². The summed E-state index contributed by atoms with van der Waals surface area (Å²) in [6.07, 6.45) is 7.56. The first kappa shape index (κ1) is 17.8. The molecular weight excluding hydrogens is 272 g/mol. The van der Waals surface area contributed by atoms with Crippen molar-refractivity contribution in [3.05, 3.63) is 0 Å². The highest BCUT2D eigenvalue weighted by Gasteiger charge is 2.41. The zero-order valence-corrected chi connectivity index (χ0v) is 13.0. The van der Waals surface area contributed by atoms with Crippen LogP contribution in [0.1, 0.15) is 58.3 Å². The van der Waals surface area contributed by atoms with E-state index in [0.717, 1.165) is 12.8 Å². The molecule has 6 nitrogen and oxygen atoms in total. The molecule has 1 rings (SSSR count). The third-order valence-electron chi connectivity index (χ3n) is 3.92. The maximum Gasteiger partial charge on any atom is 0.329 e. The standard InChI is InChI=1S/C15H28N2O4/c1-2-3-4-5-6-7-10-16-14(20)17-15(13(18)19)8-11-21-12-9-15/h2-12H2,1H3,(H,18,19)(H2,16,17,20). The summed E-state index contributed by atoms with van der Waals surface area (Å²) in [7, 11) is 0. The predicted octanol–water partition coefficient (Wildman–Crippen LogP) is 2.28. The third-order valence-corrected chi connectivity index (χ3v) is 3.92. The van der Waals surface area contributed by atoms with Crippen LogP contribution in [0.2, 0.25) is 0 Å². The van der Waals surface area contributed by atoms with Gasteiger partial charge in [-0.1, -0.05) is 39.0 Å². The fraction of sp³-hybridized carbons (Fsp3) is 0.867. The fourth-order valence-electron chi connectivity index (χ4n) is 2.48. The van der Waals surface area contributed by atoms with E-state index < -0.39 is 17.5 Å². The summed E-state index contributed by atoms with van der Waals surface area (Å²) < 4.78 is 5.17. The normalized spacial score (nSPS) is 17.2. The molecule has 0 unspecified atom stereocenters. The van der Waals surface area contributed by atoms with Crippen LogP contribution in [0.25, 0.3) is 0 Å². The number of carbonyl (C=O) groups is 2. The van der Waals surface area contributed by atoms with Crippen LogP contribution in [0, 0.1) is 0 Å². The summed E-state index contributed by atoms with van der Waals surface area (Å²) in [5.74, 6) is -0.986. The van der Waals surface area contributed by atoms with Crippen LogP contribution in [-0.4, -0.2) is 42.4 Å². The molecule has 0 atom stereocenters. The van der Waals surface area contributed by atoms with Gasteiger partial charge in [0.2, 0.25) is 0 Å². The van der Waals surface area contributed by atoms with Gasteiger partial charge >= 0.3 is 12.0 Å². The number of carbonyl (C=O) groups excluding carboxylic acids is 1. The van der Waals surface area contributed by atoms with Gasteiger partial charge in [-0.25, -0.2) is 9.59 Å². The number of hydrogen-bond donors (Lipinski definition) is 3. The average Bonchev–Trinajstić information content (AvgIpc) is 2.47. The van der Waals surface area contributed by atoms with E-state index >= 15 is 0 Å². The van der Waals surface area contributed by atoms with Gasteiger partial charge < -0.3 is 20.5 Å². The first-order valence-electron chi connectivity index (χ1n) is 7.98. The summed E-state index contributed by atoms with van der Waals surface area (Å²) in [6, 6.07) is -0.396. The molecule has 21 heavy (non-hydrogen) atoms. The molecule has 122 valence electrons. The highest BCUT2D eigenvalue weighted by molar-refractivity contribution is 5.86. The van der Waals surface area contributed by atoms with E-state index in [1.54, 1.807) is 0 Å². The summed E-state index contributed by atoms with van der Waals surface area (Å²) in [5.41, 5.74) is -1.18. The average molecular weight is 300 g/mol. The molecule has 1 aliphatic rings. The van der Waals surface area contributed by atoms with Gasteiger partial charge in [-0.15, -0.1) is 0 Å². The SMILES string of the molecule is CCCCCCCCNC(=O)NC1(C(=O)O)CCOCC1. The third kappa shape index (κ3) is 6.33. The molecular formula is C15H28N2O4. The zero-order valence-electron chi connectivity index (χ0n) is 13.0. The highest BCUT2D eigenvalue weighted by atomic mass is 16.5. The fourth-order valence-corrected chi connectivity index (χ4v) is 2.48. The van der Waals surface area contributed by atoms with Crippen molar-refractivity contribution >= 4 is 12.0 Å². The Morgan fingerprint density at radius 2 is 1.71 bits per heavy atom. The minimum Gasteiger partial charge on any atom is -0.480 e. The van der Waals surface area contributed by atoms with Crippen LogP contribution in [0.4, 0.5) is 4.79 Å². The minimum absolute atomic E-state index is 0.312. The second-order valence-electron chi connectivity index (χ2n) is 5.65. The largest absolute Gasteiger partial charge is 0.480 e. The molecule has 1 saturated heterocycles. The molecule has 0 saturated carbocycles. The number of rotatable bonds is 9. The van der Waals surface area contributed by atoms with E-state index in [1.165, 1.54) is 25.7 Å². The number of ether oxygens (including phenoxy) is 1. The van der Waals surface area contributed by atoms with Crippen molar-refractivity contribution in [2.45, 2.75) is 63.8 Å². The number of unbranched alkanes of at least 4 members (excludes halogenated alkanes) is 5. The van der Waals surface area contributed by atoms with E-state index in [1.807, 2.05) is 0 Å². The lowest BCUT2D eigenvalue weighted by Crippen LogP contribution is -2.59. The second kappa shape index (κ2) is 9.60. The first-order valence-corrected chi connectivity index (χ1v) is 7.98. The van der Waals surface area contributed by atoms with Gasteiger partial charge in [0.1, 0.15) is 5.54 Å². The molecule has 6 heteroatoms. The molecule has 0 radical (unpaired) electrons. The number of carboxylic acid groups (broad SMARTS) is 1. The van der Waals surface area contributed by atoms with E-state index in [-0.39, 0.29) is 0 Å². The molecule has 1 fully saturated rings. The molecule has 0 aromatic rings. The molecule has 0 spiro atoms. The molecule has 0 aromatic carbocycles. The van der Waals surface area contributed by atoms with E-state index in [0.29, 0.717) is 32.6 Å². The molecule has 0 bridgehead atoms. The van der Waals surface area contributed by atoms with Gasteiger partial charge in [0, 0.05) is 32.6 Å². The van der Waals surface area contributed by atoms with Crippen LogP contribution in [-0.2, 0) is 9.53 Å². The molecule has 3 N–H and O–H groups in total.